The SMILES string of the molecule is O=C(CN1CSCC1=O)Nc1ccccc1-n1cncn1. The molecule has 8 heteroatoms. The molecule has 1 fully saturated rings. The average molecular weight is 303 g/mol. The Morgan fingerprint density at radius 1 is 1.38 bits per heavy atom. The highest BCUT2D eigenvalue weighted by molar-refractivity contribution is 8.00. The Labute approximate surface area is 125 Å². The van der Waals surface area contributed by atoms with E-state index in [1.807, 2.05) is 18.2 Å². The number of nitrogens with zero attached hydrogens (tertiary/aromatic N) is 4. The molecule has 2 heterocycles. The lowest BCUT2D eigenvalue weighted by atomic mass is 10.2. The lowest BCUT2D eigenvalue weighted by Crippen LogP contribution is -2.34. The van der Waals surface area contributed by atoms with E-state index in [9.17, 15) is 9.59 Å². The Hall–Kier alpha value is -2.35. The van der Waals surface area contributed by atoms with Gasteiger partial charge in [0.15, 0.2) is 0 Å². The number of anilines is 1. The molecule has 1 aliphatic heterocycles. The van der Waals surface area contributed by atoms with E-state index in [0.717, 1.165) is 5.69 Å². The molecule has 1 aromatic heterocycles. The molecule has 0 aliphatic carbocycles. The molecule has 0 bridgehead atoms. The number of rotatable bonds is 4. The van der Waals surface area contributed by atoms with Gasteiger partial charge in [0, 0.05) is 0 Å². The first-order valence-electron chi connectivity index (χ1n) is 6.33. The van der Waals surface area contributed by atoms with E-state index >= 15 is 0 Å². The van der Waals surface area contributed by atoms with Crippen LogP contribution >= 0.6 is 11.8 Å². The van der Waals surface area contributed by atoms with Crippen LogP contribution in [-0.4, -0.2) is 49.7 Å². The number of benzene rings is 1. The van der Waals surface area contributed by atoms with Crippen LogP contribution in [0.15, 0.2) is 36.9 Å². The van der Waals surface area contributed by atoms with E-state index in [1.54, 1.807) is 17.1 Å². The zero-order chi connectivity index (χ0) is 14.7. The zero-order valence-corrected chi connectivity index (χ0v) is 11.9. The van der Waals surface area contributed by atoms with E-state index < -0.39 is 0 Å². The number of carbonyl (C=O) groups is 2. The predicted octanol–water partition coefficient (Wildman–Crippen LogP) is 0.739. The third-order valence-electron chi connectivity index (χ3n) is 3.00. The van der Waals surface area contributed by atoms with Gasteiger partial charge in [-0.25, -0.2) is 9.67 Å². The highest BCUT2D eigenvalue weighted by atomic mass is 32.2. The smallest absolute Gasteiger partial charge is 0.244 e. The zero-order valence-electron chi connectivity index (χ0n) is 11.1. The molecule has 0 atom stereocenters. The van der Waals surface area contributed by atoms with Gasteiger partial charge in [-0.3, -0.25) is 9.59 Å². The summed E-state index contributed by atoms with van der Waals surface area (Å²) in [5.74, 6) is 0.790. The van der Waals surface area contributed by atoms with E-state index in [2.05, 4.69) is 15.4 Å². The Morgan fingerprint density at radius 2 is 2.24 bits per heavy atom. The summed E-state index contributed by atoms with van der Waals surface area (Å²) in [6.45, 7) is 0.0670. The number of thioether (sulfide) groups is 1. The van der Waals surface area contributed by atoms with Crippen LogP contribution in [0, 0.1) is 0 Å². The first-order valence-corrected chi connectivity index (χ1v) is 7.49. The van der Waals surface area contributed by atoms with Gasteiger partial charge in [-0.15, -0.1) is 11.8 Å². The second-order valence-corrected chi connectivity index (χ2v) is 5.43. The van der Waals surface area contributed by atoms with Crippen molar-refractivity contribution in [1.29, 1.82) is 0 Å². The molecule has 0 unspecified atom stereocenters. The number of nitrogens with one attached hydrogen (secondary N) is 1. The fourth-order valence-electron chi connectivity index (χ4n) is 2.02. The van der Waals surface area contributed by atoms with E-state index in [0.29, 0.717) is 17.3 Å². The molecular weight excluding hydrogens is 290 g/mol. The van der Waals surface area contributed by atoms with Crippen LogP contribution in [-0.2, 0) is 9.59 Å². The van der Waals surface area contributed by atoms with Gasteiger partial charge in [-0.2, -0.15) is 5.10 Å². The Morgan fingerprint density at radius 3 is 2.95 bits per heavy atom. The highest BCUT2D eigenvalue weighted by Crippen LogP contribution is 2.19. The maximum atomic E-state index is 12.1. The minimum Gasteiger partial charge on any atom is -0.323 e. The molecule has 2 amide bonds. The summed E-state index contributed by atoms with van der Waals surface area (Å²) in [5, 5.41) is 6.87. The predicted molar refractivity (Wildman–Crippen MR) is 79.0 cm³/mol. The fraction of sp³-hybridized carbons (Fsp3) is 0.231. The first kappa shape index (κ1) is 13.6. The van der Waals surface area contributed by atoms with Crippen molar-refractivity contribution in [3.8, 4) is 5.69 Å². The number of carbonyl (C=O) groups excluding carboxylic acids is 2. The molecule has 1 aromatic carbocycles. The molecule has 108 valence electrons. The van der Waals surface area contributed by atoms with Gasteiger partial charge in [0.05, 0.1) is 23.0 Å². The summed E-state index contributed by atoms with van der Waals surface area (Å²) in [5.41, 5.74) is 1.36. The monoisotopic (exact) mass is 303 g/mol. The van der Waals surface area contributed by atoms with Gasteiger partial charge in [0.2, 0.25) is 11.8 Å². The van der Waals surface area contributed by atoms with Gasteiger partial charge < -0.3 is 10.2 Å². The first-order chi connectivity index (χ1) is 10.2. The maximum absolute atomic E-state index is 12.1. The molecule has 7 nitrogen and oxygen atoms in total. The standard InChI is InChI=1S/C13H13N5O2S/c19-12(5-17-9-21-6-13(17)20)16-10-3-1-2-4-11(10)18-8-14-7-15-18/h1-4,7-8H,5-6,9H2,(H,16,19). The van der Waals surface area contributed by atoms with Crippen LogP contribution < -0.4 is 5.32 Å². The molecule has 1 saturated heterocycles. The minimum atomic E-state index is -0.224. The van der Waals surface area contributed by atoms with E-state index in [1.165, 1.54) is 23.0 Å². The Balaban J connectivity index is 1.73. The highest BCUT2D eigenvalue weighted by Gasteiger charge is 2.23. The van der Waals surface area contributed by atoms with Crippen LogP contribution in [0.3, 0.4) is 0 Å². The van der Waals surface area contributed by atoms with Crippen molar-refractivity contribution in [3.63, 3.8) is 0 Å². The number of para-hydroxylation sites is 2. The van der Waals surface area contributed by atoms with Crippen molar-refractivity contribution in [1.82, 2.24) is 19.7 Å². The minimum absolute atomic E-state index is 0.000267. The van der Waals surface area contributed by atoms with Crippen LogP contribution in [0.1, 0.15) is 0 Å². The second-order valence-electron chi connectivity index (χ2n) is 4.47. The summed E-state index contributed by atoms with van der Waals surface area (Å²) < 4.78 is 1.58. The lowest BCUT2D eigenvalue weighted by molar-refractivity contribution is -0.130. The van der Waals surface area contributed by atoms with Gasteiger partial charge >= 0.3 is 0 Å². The molecular formula is C13H13N5O2S. The maximum Gasteiger partial charge on any atom is 0.244 e. The van der Waals surface area contributed by atoms with Crippen LogP contribution in [0.5, 0.6) is 0 Å². The van der Waals surface area contributed by atoms with Gasteiger partial charge in [0.1, 0.15) is 19.2 Å². The summed E-state index contributed by atoms with van der Waals surface area (Å²) in [4.78, 5) is 29.0. The quantitative estimate of drug-likeness (QED) is 0.901. The summed E-state index contributed by atoms with van der Waals surface area (Å²) >= 11 is 1.51. The molecule has 0 saturated carbocycles. The van der Waals surface area contributed by atoms with Crippen LogP contribution in [0.25, 0.3) is 5.69 Å². The molecule has 0 radical (unpaired) electrons. The van der Waals surface area contributed by atoms with Crippen molar-refractivity contribution in [2.45, 2.75) is 0 Å². The number of hydrogen-bond donors (Lipinski definition) is 1. The third-order valence-corrected chi connectivity index (χ3v) is 3.95. The molecule has 3 rings (SSSR count). The summed E-state index contributed by atoms with van der Waals surface area (Å²) in [6.07, 6.45) is 2.99. The van der Waals surface area contributed by atoms with E-state index in [4.69, 9.17) is 0 Å². The van der Waals surface area contributed by atoms with Crippen molar-refractivity contribution in [2.75, 3.05) is 23.5 Å². The largest absolute Gasteiger partial charge is 0.323 e. The van der Waals surface area contributed by atoms with Gasteiger partial charge in [-0.05, 0) is 12.1 Å². The fourth-order valence-corrected chi connectivity index (χ4v) is 2.92. The lowest BCUT2D eigenvalue weighted by Gasteiger charge is -2.15. The second kappa shape index (κ2) is 5.96. The third kappa shape index (κ3) is 3.05. The van der Waals surface area contributed by atoms with Crippen molar-refractivity contribution < 1.29 is 9.59 Å². The molecule has 0 spiro atoms. The summed E-state index contributed by atoms with van der Waals surface area (Å²) in [6, 6.07) is 7.30. The van der Waals surface area contributed by atoms with Crippen LogP contribution in [0.4, 0.5) is 5.69 Å². The van der Waals surface area contributed by atoms with Crippen molar-refractivity contribution in [2.24, 2.45) is 0 Å². The van der Waals surface area contributed by atoms with Crippen molar-refractivity contribution in [3.05, 3.63) is 36.9 Å². The topological polar surface area (TPSA) is 80.1 Å². The summed E-state index contributed by atoms with van der Waals surface area (Å²) in [7, 11) is 0. The van der Waals surface area contributed by atoms with E-state index in [-0.39, 0.29) is 18.4 Å². The Bertz CT molecular complexity index is 658. The Kier molecular flexibility index (Phi) is 3.87. The van der Waals surface area contributed by atoms with Crippen molar-refractivity contribution >= 4 is 29.3 Å². The van der Waals surface area contributed by atoms with Crippen LogP contribution in [0.2, 0.25) is 0 Å². The average Bonchev–Trinajstić information content (AvgIpc) is 3.12. The molecule has 2 aromatic rings. The number of hydrogen-bond acceptors (Lipinski definition) is 5. The number of aromatic nitrogens is 3. The van der Waals surface area contributed by atoms with Gasteiger partial charge in [0.25, 0.3) is 0 Å². The van der Waals surface area contributed by atoms with Gasteiger partial charge in [-0.1, -0.05) is 12.1 Å². The molecule has 1 N–H and O–H groups in total. The molecule has 1 aliphatic rings. The number of amides is 2. The normalized spacial score (nSPS) is 14.5. The molecule has 21 heavy (non-hydrogen) atoms.